The van der Waals surface area contributed by atoms with E-state index in [0.29, 0.717) is 0 Å². The lowest BCUT2D eigenvalue weighted by molar-refractivity contribution is -0.133. The lowest BCUT2D eigenvalue weighted by atomic mass is 10.1. The van der Waals surface area contributed by atoms with E-state index >= 15 is 0 Å². The molecule has 1 atom stereocenters. The highest BCUT2D eigenvalue weighted by Crippen LogP contribution is 2.07. The summed E-state index contributed by atoms with van der Waals surface area (Å²) in [5, 5.41) is 2.33. The second-order valence-electron chi connectivity index (χ2n) is 5.10. The van der Waals surface area contributed by atoms with E-state index in [1.807, 2.05) is 0 Å². The standard InChI is InChI=1S/C11H21N3O4/c1-11(2,3)18-10(17)13-7(6-8(12)15)9(16)14(4)5/h7H,6H2,1-5H3,(H2,12,15)(H,13,17)/t7-/m0/s1. The summed E-state index contributed by atoms with van der Waals surface area (Å²) in [6, 6.07) is -1.01. The van der Waals surface area contributed by atoms with Crippen LogP contribution in [0.25, 0.3) is 0 Å². The van der Waals surface area contributed by atoms with E-state index in [9.17, 15) is 14.4 Å². The minimum atomic E-state index is -1.01. The van der Waals surface area contributed by atoms with Crippen molar-refractivity contribution in [2.45, 2.75) is 38.8 Å². The molecule has 104 valence electrons. The van der Waals surface area contributed by atoms with Gasteiger partial charge in [0.05, 0.1) is 6.42 Å². The van der Waals surface area contributed by atoms with Gasteiger partial charge >= 0.3 is 6.09 Å². The molecule has 3 N–H and O–H groups in total. The van der Waals surface area contributed by atoms with Gasteiger partial charge in [-0.3, -0.25) is 9.59 Å². The maximum atomic E-state index is 11.7. The molecule has 7 heteroatoms. The van der Waals surface area contributed by atoms with Gasteiger partial charge in [0.25, 0.3) is 0 Å². The normalized spacial score (nSPS) is 12.5. The summed E-state index contributed by atoms with van der Waals surface area (Å²) in [6.07, 6.45) is -1.03. The smallest absolute Gasteiger partial charge is 0.408 e. The first-order valence-corrected chi connectivity index (χ1v) is 5.52. The first kappa shape index (κ1) is 16.2. The first-order chi connectivity index (χ1) is 8.03. The van der Waals surface area contributed by atoms with Crippen molar-refractivity contribution >= 4 is 17.9 Å². The Hall–Kier alpha value is -1.79. The van der Waals surface area contributed by atoms with E-state index in [0.717, 1.165) is 0 Å². The van der Waals surface area contributed by atoms with Crippen LogP contribution in [-0.4, -0.2) is 48.5 Å². The summed E-state index contributed by atoms with van der Waals surface area (Å²) in [5.74, 6) is -1.09. The topological polar surface area (TPSA) is 102 Å². The molecular weight excluding hydrogens is 238 g/mol. The van der Waals surface area contributed by atoms with Crippen LogP contribution < -0.4 is 11.1 Å². The molecule has 0 spiro atoms. The molecular formula is C11H21N3O4. The average Bonchev–Trinajstić information content (AvgIpc) is 2.11. The molecule has 0 fully saturated rings. The first-order valence-electron chi connectivity index (χ1n) is 5.52. The van der Waals surface area contributed by atoms with Gasteiger partial charge in [-0.05, 0) is 20.8 Å². The number of nitrogens with zero attached hydrogens (tertiary/aromatic N) is 1. The highest BCUT2D eigenvalue weighted by atomic mass is 16.6. The van der Waals surface area contributed by atoms with Crippen molar-refractivity contribution in [1.82, 2.24) is 10.2 Å². The van der Waals surface area contributed by atoms with Gasteiger partial charge in [0.2, 0.25) is 11.8 Å². The zero-order chi connectivity index (χ0) is 14.5. The number of nitrogens with two attached hydrogens (primary N) is 1. The number of likely N-dealkylation sites (N-methyl/N-ethyl adjacent to an activating group) is 1. The van der Waals surface area contributed by atoms with Crippen LogP contribution in [0.15, 0.2) is 0 Å². The van der Waals surface area contributed by atoms with Gasteiger partial charge in [-0.15, -0.1) is 0 Å². The van der Waals surface area contributed by atoms with Crippen molar-refractivity contribution in [2.75, 3.05) is 14.1 Å². The van der Waals surface area contributed by atoms with Crippen molar-refractivity contribution in [2.24, 2.45) is 5.73 Å². The Kier molecular flexibility index (Phi) is 5.61. The molecule has 0 aliphatic carbocycles. The lowest BCUT2D eigenvalue weighted by Crippen LogP contribution is -2.49. The summed E-state index contributed by atoms with van der Waals surface area (Å²) < 4.78 is 5.01. The van der Waals surface area contributed by atoms with Crippen LogP contribution in [-0.2, 0) is 14.3 Å². The molecule has 18 heavy (non-hydrogen) atoms. The Morgan fingerprint density at radius 2 is 1.78 bits per heavy atom. The van der Waals surface area contributed by atoms with Crippen LogP contribution >= 0.6 is 0 Å². The van der Waals surface area contributed by atoms with Gasteiger partial charge in [-0.1, -0.05) is 0 Å². The molecule has 0 heterocycles. The number of carbonyl (C=O) groups excluding carboxylic acids is 3. The van der Waals surface area contributed by atoms with Gasteiger partial charge < -0.3 is 20.7 Å². The molecule has 7 nitrogen and oxygen atoms in total. The predicted molar refractivity (Wildman–Crippen MR) is 65.7 cm³/mol. The van der Waals surface area contributed by atoms with E-state index in [1.165, 1.54) is 19.0 Å². The predicted octanol–water partition coefficient (Wildman–Crippen LogP) is -0.157. The Morgan fingerprint density at radius 3 is 2.11 bits per heavy atom. The van der Waals surface area contributed by atoms with Crippen LogP contribution in [0.4, 0.5) is 4.79 Å². The number of hydrogen-bond donors (Lipinski definition) is 2. The third kappa shape index (κ3) is 6.72. The van der Waals surface area contributed by atoms with Crippen molar-refractivity contribution in [3.05, 3.63) is 0 Å². The van der Waals surface area contributed by atoms with Gasteiger partial charge in [-0.2, -0.15) is 0 Å². The summed E-state index contributed by atoms with van der Waals surface area (Å²) in [6.45, 7) is 5.09. The molecule has 0 radical (unpaired) electrons. The fourth-order valence-electron chi connectivity index (χ4n) is 1.16. The second kappa shape index (κ2) is 6.23. The third-order valence-electron chi connectivity index (χ3n) is 1.84. The number of ether oxygens (including phenoxy) is 1. The minimum absolute atomic E-state index is 0.268. The number of primary amides is 1. The van der Waals surface area contributed by atoms with E-state index in [2.05, 4.69) is 5.32 Å². The number of rotatable bonds is 4. The van der Waals surface area contributed by atoms with Crippen LogP contribution in [0.1, 0.15) is 27.2 Å². The number of nitrogens with one attached hydrogen (secondary N) is 1. The third-order valence-corrected chi connectivity index (χ3v) is 1.84. The highest BCUT2D eigenvalue weighted by Gasteiger charge is 2.26. The minimum Gasteiger partial charge on any atom is -0.444 e. The fourth-order valence-corrected chi connectivity index (χ4v) is 1.16. The Labute approximate surface area is 107 Å². The number of carbonyl (C=O) groups is 3. The van der Waals surface area contributed by atoms with E-state index in [1.54, 1.807) is 20.8 Å². The molecule has 0 aromatic carbocycles. The zero-order valence-corrected chi connectivity index (χ0v) is 11.4. The number of hydrogen-bond acceptors (Lipinski definition) is 4. The van der Waals surface area contributed by atoms with E-state index in [4.69, 9.17) is 10.5 Å². The molecule has 0 unspecified atom stereocenters. The fraction of sp³-hybridized carbons (Fsp3) is 0.727. The summed E-state index contributed by atoms with van der Waals surface area (Å²) in [4.78, 5) is 35.4. The summed E-state index contributed by atoms with van der Waals surface area (Å²) in [5.41, 5.74) is 4.35. The molecule has 0 aliphatic rings. The maximum absolute atomic E-state index is 11.7. The highest BCUT2D eigenvalue weighted by molar-refractivity contribution is 5.90. The molecule has 0 saturated heterocycles. The molecule has 0 rings (SSSR count). The number of alkyl carbamates (subject to hydrolysis) is 1. The average molecular weight is 259 g/mol. The van der Waals surface area contributed by atoms with Crippen LogP contribution in [0, 0.1) is 0 Å². The maximum Gasteiger partial charge on any atom is 0.408 e. The SMILES string of the molecule is CN(C)C(=O)[C@H](CC(N)=O)NC(=O)OC(C)(C)C. The quantitative estimate of drug-likeness (QED) is 0.732. The Morgan fingerprint density at radius 1 is 1.28 bits per heavy atom. The van der Waals surface area contributed by atoms with Gasteiger partial charge in [-0.25, -0.2) is 4.79 Å². The molecule has 0 aliphatic heterocycles. The number of amides is 3. The van der Waals surface area contributed by atoms with Crippen LogP contribution in [0.2, 0.25) is 0 Å². The van der Waals surface area contributed by atoms with Crippen molar-refractivity contribution in [1.29, 1.82) is 0 Å². The largest absolute Gasteiger partial charge is 0.444 e. The Balaban J connectivity index is 4.65. The second-order valence-corrected chi connectivity index (χ2v) is 5.10. The molecule has 0 saturated carbocycles. The van der Waals surface area contributed by atoms with Crippen LogP contribution in [0.5, 0.6) is 0 Å². The monoisotopic (exact) mass is 259 g/mol. The summed E-state index contributed by atoms with van der Waals surface area (Å²) in [7, 11) is 3.04. The van der Waals surface area contributed by atoms with E-state index < -0.39 is 29.6 Å². The van der Waals surface area contributed by atoms with Gasteiger partial charge in [0.1, 0.15) is 11.6 Å². The zero-order valence-electron chi connectivity index (χ0n) is 11.4. The molecule has 0 aromatic rings. The van der Waals surface area contributed by atoms with Gasteiger partial charge in [0.15, 0.2) is 0 Å². The van der Waals surface area contributed by atoms with Crippen LogP contribution in [0.3, 0.4) is 0 Å². The lowest BCUT2D eigenvalue weighted by Gasteiger charge is -2.24. The Bertz CT molecular complexity index is 334. The van der Waals surface area contributed by atoms with Gasteiger partial charge in [0, 0.05) is 14.1 Å². The van der Waals surface area contributed by atoms with Crippen molar-refractivity contribution < 1.29 is 19.1 Å². The molecule has 3 amide bonds. The van der Waals surface area contributed by atoms with Crippen molar-refractivity contribution in [3.63, 3.8) is 0 Å². The summed E-state index contributed by atoms with van der Waals surface area (Å²) >= 11 is 0. The molecule has 0 aromatic heterocycles. The van der Waals surface area contributed by atoms with E-state index in [-0.39, 0.29) is 6.42 Å². The molecule has 0 bridgehead atoms. The van der Waals surface area contributed by atoms with Crippen molar-refractivity contribution in [3.8, 4) is 0 Å².